The molecule has 19 heavy (non-hydrogen) atoms. The van der Waals surface area contributed by atoms with Gasteiger partial charge in [-0.3, -0.25) is 4.79 Å². The third-order valence-electron chi connectivity index (χ3n) is 3.22. The highest BCUT2D eigenvalue weighted by molar-refractivity contribution is 7.89. The molecule has 0 saturated heterocycles. The summed E-state index contributed by atoms with van der Waals surface area (Å²) in [7, 11) is -2.39. The van der Waals surface area contributed by atoms with E-state index in [-0.39, 0.29) is 22.1 Å². The van der Waals surface area contributed by atoms with Gasteiger partial charge >= 0.3 is 0 Å². The molecule has 1 amide bonds. The molecule has 0 radical (unpaired) electrons. The predicted octanol–water partition coefficient (Wildman–Crippen LogP) is 1.02. The molecule has 7 heteroatoms. The first-order valence-electron chi connectivity index (χ1n) is 5.82. The number of hydrogen-bond donors (Lipinski definition) is 1. The van der Waals surface area contributed by atoms with Crippen LogP contribution in [0, 0.1) is 12.7 Å². The van der Waals surface area contributed by atoms with Crippen LogP contribution in [0.2, 0.25) is 0 Å². The number of nitrogens with zero attached hydrogens (tertiary/aromatic N) is 1. The molecule has 2 N–H and O–H groups in total. The predicted molar refractivity (Wildman–Crippen MR) is 67.6 cm³/mol. The van der Waals surface area contributed by atoms with Crippen molar-refractivity contribution in [2.45, 2.75) is 30.7 Å². The van der Waals surface area contributed by atoms with Crippen LogP contribution < -0.4 is 5.14 Å². The van der Waals surface area contributed by atoms with Gasteiger partial charge in [-0.05, 0) is 37.5 Å². The third kappa shape index (κ3) is 2.76. The van der Waals surface area contributed by atoms with Crippen LogP contribution in [0.25, 0.3) is 0 Å². The molecule has 0 heterocycles. The minimum Gasteiger partial charge on any atom is -0.339 e. The van der Waals surface area contributed by atoms with Crippen molar-refractivity contribution >= 4 is 15.9 Å². The molecule has 0 bridgehead atoms. The summed E-state index contributed by atoms with van der Waals surface area (Å²) in [5, 5.41) is 5.05. The number of amides is 1. The normalized spacial score (nSPS) is 15.4. The van der Waals surface area contributed by atoms with Crippen LogP contribution in [0.5, 0.6) is 0 Å². The SMILES string of the molecule is Cc1cc(F)c(C(=O)N(C)C2CC2)cc1S(N)(=O)=O. The maximum Gasteiger partial charge on any atom is 0.256 e. The molecule has 2 rings (SSSR count). The van der Waals surface area contributed by atoms with Gasteiger partial charge in [0.25, 0.3) is 5.91 Å². The van der Waals surface area contributed by atoms with E-state index in [1.165, 1.54) is 11.8 Å². The number of hydrogen-bond acceptors (Lipinski definition) is 3. The second-order valence-corrected chi connectivity index (χ2v) is 6.32. The molecule has 1 fully saturated rings. The van der Waals surface area contributed by atoms with Crippen molar-refractivity contribution < 1.29 is 17.6 Å². The molecule has 0 aliphatic heterocycles. The number of rotatable bonds is 3. The number of sulfonamides is 1. The molecular weight excluding hydrogens is 271 g/mol. The van der Waals surface area contributed by atoms with E-state index in [4.69, 9.17) is 5.14 Å². The van der Waals surface area contributed by atoms with Crippen molar-refractivity contribution in [3.63, 3.8) is 0 Å². The first kappa shape index (κ1) is 14.0. The van der Waals surface area contributed by atoms with Crippen molar-refractivity contribution in [3.05, 3.63) is 29.1 Å². The molecule has 0 atom stereocenters. The van der Waals surface area contributed by atoms with Crippen molar-refractivity contribution in [2.75, 3.05) is 7.05 Å². The Morgan fingerprint density at radius 3 is 2.47 bits per heavy atom. The molecule has 1 aromatic carbocycles. The van der Waals surface area contributed by atoms with E-state index >= 15 is 0 Å². The summed E-state index contributed by atoms with van der Waals surface area (Å²) < 4.78 is 36.6. The van der Waals surface area contributed by atoms with Crippen LogP contribution in [0.15, 0.2) is 17.0 Å². The van der Waals surface area contributed by atoms with Crippen LogP contribution in [0.4, 0.5) is 4.39 Å². The number of aryl methyl sites for hydroxylation is 1. The van der Waals surface area contributed by atoms with E-state index < -0.39 is 21.7 Å². The summed E-state index contributed by atoms with van der Waals surface area (Å²) in [6.45, 7) is 1.43. The van der Waals surface area contributed by atoms with Crippen molar-refractivity contribution in [1.29, 1.82) is 0 Å². The fourth-order valence-corrected chi connectivity index (χ4v) is 2.73. The number of benzene rings is 1. The maximum atomic E-state index is 13.8. The highest BCUT2D eigenvalue weighted by atomic mass is 32.2. The minimum absolute atomic E-state index is 0.117. The molecule has 0 unspecified atom stereocenters. The van der Waals surface area contributed by atoms with Crippen LogP contribution in [-0.2, 0) is 10.0 Å². The van der Waals surface area contributed by atoms with E-state index in [1.807, 2.05) is 0 Å². The van der Waals surface area contributed by atoms with Gasteiger partial charge in [-0.2, -0.15) is 0 Å². The van der Waals surface area contributed by atoms with E-state index in [9.17, 15) is 17.6 Å². The van der Waals surface area contributed by atoms with Crippen LogP contribution in [0.1, 0.15) is 28.8 Å². The van der Waals surface area contributed by atoms with Crippen molar-refractivity contribution in [1.82, 2.24) is 4.90 Å². The highest BCUT2D eigenvalue weighted by Gasteiger charge is 2.32. The molecule has 104 valence electrons. The summed E-state index contributed by atoms with van der Waals surface area (Å²) >= 11 is 0. The Kier molecular flexibility index (Phi) is 3.36. The third-order valence-corrected chi connectivity index (χ3v) is 4.27. The first-order valence-corrected chi connectivity index (χ1v) is 7.36. The largest absolute Gasteiger partial charge is 0.339 e. The zero-order chi connectivity index (χ0) is 14.4. The van der Waals surface area contributed by atoms with Crippen LogP contribution in [0.3, 0.4) is 0 Å². The van der Waals surface area contributed by atoms with Gasteiger partial charge in [0.2, 0.25) is 10.0 Å². The molecule has 0 spiro atoms. The Hall–Kier alpha value is -1.47. The average molecular weight is 286 g/mol. The monoisotopic (exact) mass is 286 g/mol. The lowest BCUT2D eigenvalue weighted by Gasteiger charge is -2.17. The first-order chi connectivity index (χ1) is 8.71. The number of halogens is 1. The summed E-state index contributed by atoms with van der Waals surface area (Å²) in [4.78, 5) is 13.3. The smallest absolute Gasteiger partial charge is 0.256 e. The van der Waals surface area contributed by atoms with Crippen LogP contribution in [-0.4, -0.2) is 32.3 Å². The molecule has 0 aromatic heterocycles. The van der Waals surface area contributed by atoms with Gasteiger partial charge < -0.3 is 4.90 Å². The lowest BCUT2D eigenvalue weighted by Crippen LogP contribution is -2.30. The van der Waals surface area contributed by atoms with E-state index in [0.29, 0.717) is 0 Å². The lowest BCUT2D eigenvalue weighted by atomic mass is 10.1. The molecule has 1 aliphatic carbocycles. The van der Waals surface area contributed by atoms with Crippen molar-refractivity contribution in [2.24, 2.45) is 5.14 Å². The highest BCUT2D eigenvalue weighted by Crippen LogP contribution is 2.28. The Morgan fingerprint density at radius 1 is 1.42 bits per heavy atom. The quantitative estimate of drug-likeness (QED) is 0.900. The second-order valence-electron chi connectivity index (χ2n) is 4.79. The fraction of sp³-hybridized carbons (Fsp3) is 0.417. The molecule has 5 nitrogen and oxygen atoms in total. The molecule has 1 aromatic rings. The van der Waals surface area contributed by atoms with Gasteiger partial charge in [-0.15, -0.1) is 0 Å². The average Bonchev–Trinajstić information content (AvgIpc) is 3.09. The van der Waals surface area contributed by atoms with E-state index in [1.54, 1.807) is 7.05 Å². The Bertz CT molecular complexity index is 639. The van der Waals surface area contributed by atoms with Gasteiger partial charge in [0.15, 0.2) is 0 Å². The lowest BCUT2D eigenvalue weighted by molar-refractivity contribution is 0.0780. The summed E-state index contributed by atoms with van der Waals surface area (Å²) in [6.07, 6.45) is 1.77. The number of carbonyl (C=O) groups is 1. The zero-order valence-corrected chi connectivity index (χ0v) is 11.5. The summed E-state index contributed by atoms with van der Waals surface area (Å²) in [5.41, 5.74) is -0.0744. The minimum atomic E-state index is -3.97. The van der Waals surface area contributed by atoms with Crippen molar-refractivity contribution in [3.8, 4) is 0 Å². The Balaban J connectivity index is 2.48. The summed E-state index contributed by atoms with van der Waals surface area (Å²) in [6, 6.07) is 2.15. The van der Waals surface area contributed by atoms with Gasteiger partial charge in [0, 0.05) is 13.1 Å². The van der Waals surface area contributed by atoms with Gasteiger partial charge in [-0.1, -0.05) is 0 Å². The van der Waals surface area contributed by atoms with Gasteiger partial charge in [0.1, 0.15) is 5.82 Å². The van der Waals surface area contributed by atoms with Crippen LogP contribution >= 0.6 is 0 Å². The van der Waals surface area contributed by atoms with E-state index in [2.05, 4.69) is 0 Å². The van der Waals surface area contributed by atoms with Gasteiger partial charge in [-0.25, -0.2) is 17.9 Å². The van der Waals surface area contributed by atoms with E-state index in [0.717, 1.165) is 25.0 Å². The fourth-order valence-electron chi connectivity index (χ4n) is 1.94. The Morgan fingerprint density at radius 2 is 2.00 bits per heavy atom. The standard InChI is InChI=1S/C12H15FN2O3S/c1-7-5-10(13)9(6-11(7)19(14,17)18)12(16)15(2)8-3-4-8/h5-6,8H,3-4H2,1-2H3,(H2,14,17,18). The maximum absolute atomic E-state index is 13.8. The molecular formula is C12H15FN2O3S. The summed E-state index contributed by atoms with van der Waals surface area (Å²) in [5.74, 6) is -1.26. The number of carbonyl (C=O) groups excluding carboxylic acids is 1. The topological polar surface area (TPSA) is 80.5 Å². The zero-order valence-electron chi connectivity index (χ0n) is 10.7. The second kappa shape index (κ2) is 4.57. The number of nitrogens with two attached hydrogens (primary N) is 1. The molecule has 1 saturated carbocycles. The molecule has 1 aliphatic rings. The number of primary sulfonamides is 1. The van der Waals surface area contributed by atoms with Gasteiger partial charge in [0.05, 0.1) is 10.5 Å². The Labute approximate surface area is 111 Å².